The fourth-order valence-corrected chi connectivity index (χ4v) is 5.93. The molecule has 2 atom stereocenters. The molecule has 2 saturated carbocycles. The van der Waals surface area contributed by atoms with Gasteiger partial charge in [0.05, 0.1) is 24.3 Å². The summed E-state index contributed by atoms with van der Waals surface area (Å²) < 4.78 is 45.2. The zero-order chi connectivity index (χ0) is 16.1. The molecule has 0 spiro atoms. The molecular formula is C15H20FN3O3S. The van der Waals surface area contributed by atoms with Crippen molar-refractivity contribution in [2.45, 2.75) is 37.4 Å². The van der Waals surface area contributed by atoms with E-state index in [0.29, 0.717) is 25.6 Å². The van der Waals surface area contributed by atoms with Gasteiger partial charge in [0.1, 0.15) is 0 Å². The van der Waals surface area contributed by atoms with E-state index < -0.39 is 15.8 Å². The Labute approximate surface area is 135 Å². The summed E-state index contributed by atoms with van der Waals surface area (Å²) in [4.78, 5) is 7.63. The largest absolute Gasteiger partial charge is 0.463 e. The highest BCUT2D eigenvalue weighted by Gasteiger charge is 2.55. The van der Waals surface area contributed by atoms with Crippen LogP contribution >= 0.6 is 0 Å². The molecule has 2 unspecified atom stereocenters. The van der Waals surface area contributed by atoms with Gasteiger partial charge in [0.2, 0.25) is 10.0 Å². The SMILES string of the molecule is O=S(=O)(C1CC1)N1CC2CCCC2(COc2ncc(F)cn2)C1. The van der Waals surface area contributed by atoms with Crippen molar-refractivity contribution < 1.29 is 17.5 Å². The van der Waals surface area contributed by atoms with E-state index >= 15 is 0 Å². The van der Waals surface area contributed by atoms with Crippen molar-refractivity contribution in [2.75, 3.05) is 19.7 Å². The van der Waals surface area contributed by atoms with Gasteiger partial charge in [0, 0.05) is 18.5 Å². The standard InChI is InChI=1S/C15H20FN3O3S/c16-12-6-17-14(18-7-12)22-10-15-5-1-2-11(15)8-19(9-15)23(20,21)13-3-4-13/h6-7,11,13H,1-5,8-10H2. The first-order chi connectivity index (χ1) is 11.0. The lowest BCUT2D eigenvalue weighted by Gasteiger charge is -2.28. The van der Waals surface area contributed by atoms with Crippen LogP contribution in [0.5, 0.6) is 6.01 Å². The predicted molar refractivity (Wildman–Crippen MR) is 80.8 cm³/mol. The molecule has 0 amide bonds. The van der Waals surface area contributed by atoms with Crippen LogP contribution in [0.3, 0.4) is 0 Å². The molecule has 0 radical (unpaired) electrons. The van der Waals surface area contributed by atoms with Crippen LogP contribution in [0.1, 0.15) is 32.1 Å². The molecule has 0 N–H and O–H groups in total. The van der Waals surface area contributed by atoms with E-state index in [1.165, 1.54) is 0 Å². The van der Waals surface area contributed by atoms with E-state index in [-0.39, 0.29) is 16.7 Å². The van der Waals surface area contributed by atoms with Crippen LogP contribution in [0, 0.1) is 17.2 Å². The molecule has 2 aliphatic carbocycles. The molecule has 23 heavy (non-hydrogen) atoms. The Morgan fingerprint density at radius 3 is 2.74 bits per heavy atom. The first kappa shape index (κ1) is 15.3. The van der Waals surface area contributed by atoms with Gasteiger partial charge in [-0.25, -0.2) is 27.1 Å². The van der Waals surface area contributed by atoms with Gasteiger partial charge < -0.3 is 4.74 Å². The molecule has 126 valence electrons. The first-order valence-corrected chi connectivity index (χ1v) is 9.59. The normalized spacial score (nSPS) is 31.3. The summed E-state index contributed by atoms with van der Waals surface area (Å²) in [6, 6.07) is 0.148. The summed E-state index contributed by atoms with van der Waals surface area (Å²) >= 11 is 0. The Bertz CT molecular complexity index is 692. The number of sulfonamides is 1. The van der Waals surface area contributed by atoms with Gasteiger partial charge in [-0.1, -0.05) is 6.42 Å². The monoisotopic (exact) mass is 341 g/mol. The molecule has 3 fully saturated rings. The van der Waals surface area contributed by atoms with Crippen LogP contribution in [-0.2, 0) is 10.0 Å². The van der Waals surface area contributed by atoms with E-state index in [9.17, 15) is 12.8 Å². The first-order valence-electron chi connectivity index (χ1n) is 8.09. The topological polar surface area (TPSA) is 72.4 Å². The molecule has 0 aromatic carbocycles. The van der Waals surface area contributed by atoms with Gasteiger partial charge in [0.25, 0.3) is 0 Å². The van der Waals surface area contributed by atoms with Crippen LogP contribution in [0.15, 0.2) is 12.4 Å². The van der Waals surface area contributed by atoms with Crippen molar-refractivity contribution in [3.05, 3.63) is 18.2 Å². The van der Waals surface area contributed by atoms with E-state index in [0.717, 1.165) is 44.5 Å². The number of hydrogen-bond acceptors (Lipinski definition) is 5. The van der Waals surface area contributed by atoms with Crippen molar-refractivity contribution in [2.24, 2.45) is 11.3 Å². The van der Waals surface area contributed by atoms with Crippen molar-refractivity contribution in [3.8, 4) is 6.01 Å². The van der Waals surface area contributed by atoms with Crippen LogP contribution in [0.25, 0.3) is 0 Å². The van der Waals surface area contributed by atoms with Gasteiger partial charge in [-0.05, 0) is 31.6 Å². The van der Waals surface area contributed by atoms with Crippen LogP contribution in [-0.4, -0.2) is 47.6 Å². The van der Waals surface area contributed by atoms with Crippen molar-refractivity contribution >= 4 is 10.0 Å². The number of nitrogens with zero attached hydrogens (tertiary/aromatic N) is 3. The van der Waals surface area contributed by atoms with Gasteiger partial charge in [-0.3, -0.25) is 0 Å². The van der Waals surface area contributed by atoms with Crippen molar-refractivity contribution in [1.82, 2.24) is 14.3 Å². The van der Waals surface area contributed by atoms with E-state index in [2.05, 4.69) is 9.97 Å². The predicted octanol–water partition coefficient (Wildman–Crippen LogP) is 1.59. The second-order valence-corrected chi connectivity index (χ2v) is 9.17. The number of fused-ring (bicyclic) bond motifs is 1. The summed E-state index contributed by atoms with van der Waals surface area (Å²) in [6.07, 6.45) is 6.80. The van der Waals surface area contributed by atoms with E-state index in [1.807, 2.05) is 0 Å². The summed E-state index contributed by atoms with van der Waals surface area (Å²) in [7, 11) is -3.14. The molecule has 6 nitrogen and oxygen atoms in total. The third kappa shape index (κ3) is 2.71. The van der Waals surface area contributed by atoms with Crippen molar-refractivity contribution in [3.63, 3.8) is 0 Å². The molecule has 8 heteroatoms. The smallest absolute Gasteiger partial charge is 0.316 e. The third-order valence-corrected chi connectivity index (χ3v) is 7.71. The van der Waals surface area contributed by atoms with Gasteiger partial charge in [-0.2, -0.15) is 0 Å². The van der Waals surface area contributed by atoms with E-state index in [4.69, 9.17) is 4.74 Å². The highest BCUT2D eigenvalue weighted by molar-refractivity contribution is 7.90. The zero-order valence-corrected chi connectivity index (χ0v) is 13.6. The van der Waals surface area contributed by atoms with Gasteiger partial charge in [0.15, 0.2) is 5.82 Å². The van der Waals surface area contributed by atoms with Gasteiger partial charge in [-0.15, -0.1) is 0 Å². The molecule has 4 rings (SSSR count). The summed E-state index contributed by atoms with van der Waals surface area (Å²) in [5, 5.41) is -0.167. The molecule has 3 aliphatic rings. The number of rotatable bonds is 5. The Hall–Kier alpha value is -1.28. The molecule has 2 heterocycles. The highest BCUT2D eigenvalue weighted by Crippen LogP contribution is 2.50. The molecular weight excluding hydrogens is 321 g/mol. The van der Waals surface area contributed by atoms with Crippen LogP contribution < -0.4 is 4.74 Å². The second-order valence-electron chi connectivity index (χ2n) is 6.96. The van der Waals surface area contributed by atoms with Gasteiger partial charge >= 0.3 is 6.01 Å². The maximum absolute atomic E-state index is 12.9. The Balaban J connectivity index is 1.48. The number of halogens is 1. The Morgan fingerprint density at radius 1 is 1.30 bits per heavy atom. The molecule has 0 bridgehead atoms. The lowest BCUT2D eigenvalue weighted by molar-refractivity contribution is 0.125. The minimum absolute atomic E-state index is 0.148. The zero-order valence-electron chi connectivity index (χ0n) is 12.8. The van der Waals surface area contributed by atoms with Crippen LogP contribution in [0.2, 0.25) is 0 Å². The second kappa shape index (κ2) is 5.37. The number of aromatic nitrogens is 2. The Kier molecular flexibility index (Phi) is 3.57. The fraction of sp³-hybridized carbons (Fsp3) is 0.733. The maximum Gasteiger partial charge on any atom is 0.316 e. The average Bonchev–Trinajstić information content (AvgIpc) is 3.21. The summed E-state index contributed by atoms with van der Waals surface area (Å²) in [6.45, 7) is 1.52. The number of ether oxygens (including phenoxy) is 1. The third-order valence-electron chi connectivity index (χ3n) is 5.40. The highest BCUT2D eigenvalue weighted by atomic mass is 32.2. The summed E-state index contributed by atoms with van der Waals surface area (Å²) in [5.74, 6) is -0.173. The quantitative estimate of drug-likeness (QED) is 0.813. The number of hydrogen-bond donors (Lipinski definition) is 0. The fourth-order valence-electron chi connectivity index (χ4n) is 3.96. The minimum atomic E-state index is -3.14. The van der Waals surface area contributed by atoms with Crippen molar-refractivity contribution in [1.29, 1.82) is 0 Å². The average molecular weight is 341 g/mol. The lowest BCUT2D eigenvalue weighted by atomic mass is 9.82. The molecule has 1 aromatic heterocycles. The van der Waals surface area contributed by atoms with E-state index in [1.54, 1.807) is 4.31 Å². The maximum atomic E-state index is 12.9. The molecule has 1 saturated heterocycles. The Morgan fingerprint density at radius 2 is 2.04 bits per heavy atom. The molecule has 1 aliphatic heterocycles. The minimum Gasteiger partial charge on any atom is -0.463 e. The summed E-state index contributed by atoms with van der Waals surface area (Å²) in [5.41, 5.74) is -0.153. The lowest BCUT2D eigenvalue weighted by Crippen LogP contribution is -2.37. The molecule has 1 aromatic rings. The van der Waals surface area contributed by atoms with Crippen LogP contribution in [0.4, 0.5) is 4.39 Å².